The Morgan fingerprint density at radius 3 is 1.74 bits per heavy atom. The predicted octanol–water partition coefficient (Wildman–Crippen LogP) is 21.2. The smallest absolute Gasteiger partial charge is 0.0622 e. The van der Waals surface area contributed by atoms with E-state index in [2.05, 4.69) is 315 Å². The molecule has 2 heteroatoms. The van der Waals surface area contributed by atoms with Crippen LogP contribution in [0.25, 0.3) is 105 Å². The van der Waals surface area contributed by atoms with Crippen molar-refractivity contribution in [3.63, 3.8) is 0 Å². The molecule has 2 nitrogen and oxygen atoms in total. The zero-order valence-electron chi connectivity index (χ0n) is 45.5. The summed E-state index contributed by atoms with van der Waals surface area (Å²) >= 11 is 0. The molecule has 382 valence electrons. The molecule has 0 radical (unpaired) electrons. The standard InChI is InChI=1S/C79H56N2/c1-78(2)71-28-12-9-24-66(71)70-50-63(42-45-72(70)78)80(60-39-35-54(36-40-60)56-32-31-52-19-7-8-20-55(52)47-56)62-41-43-65-58(49-62)22-16-27-64(65)57-21-15-23-61(48-57)81-75-30-14-11-25-67(75)68-44-46-74-76(77(68)81)69-26-10-13-29-73(69)79(74,3)59-37-33-53(34-38-59)51-17-5-4-6-18-51/h4-50H,1-3H3. The molecule has 81 heavy (non-hydrogen) atoms. The van der Waals surface area contributed by atoms with Crippen molar-refractivity contribution < 1.29 is 0 Å². The molecule has 2 aliphatic carbocycles. The fraction of sp³-hybridized carbons (Fsp3) is 0.0633. The first-order valence-electron chi connectivity index (χ1n) is 28.4. The van der Waals surface area contributed by atoms with Gasteiger partial charge in [0.2, 0.25) is 0 Å². The number of anilines is 3. The largest absolute Gasteiger partial charge is 0.310 e. The maximum Gasteiger partial charge on any atom is 0.0622 e. The Balaban J connectivity index is 0.820. The van der Waals surface area contributed by atoms with E-state index in [0.717, 1.165) is 22.7 Å². The van der Waals surface area contributed by atoms with Gasteiger partial charge in [-0.2, -0.15) is 0 Å². The van der Waals surface area contributed by atoms with Gasteiger partial charge in [-0.25, -0.2) is 0 Å². The van der Waals surface area contributed by atoms with Crippen molar-refractivity contribution in [1.29, 1.82) is 0 Å². The number of para-hydroxylation sites is 1. The lowest BCUT2D eigenvalue weighted by molar-refractivity contribution is 0.660. The summed E-state index contributed by atoms with van der Waals surface area (Å²) in [7, 11) is 0. The SMILES string of the molecule is CC1(C)c2ccccc2-c2cc(N(c3ccc(-c4ccc5ccccc5c4)cc3)c3ccc4c(-c5cccc(-n6c7ccccc7c7ccc8c(c76)-c6ccccc6C8(C)c6ccc(-c7ccccc7)cc6)c5)cccc4c3)ccc21. The van der Waals surface area contributed by atoms with Crippen molar-refractivity contribution >= 4 is 60.4 Å². The molecule has 14 aromatic rings. The number of benzene rings is 13. The molecule has 2 aliphatic rings. The van der Waals surface area contributed by atoms with E-state index in [4.69, 9.17) is 0 Å². The van der Waals surface area contributed by atoms with Crippen LogP contribution in [0.2, 0.25) is 0 Å². The van der Waals surface area contributed by atoms with Gasteiger partial charge in [0.15, 0.2) is 0 Å². The summed E-state index contributed by atoms with van der Waals surface area (Å²) in [5, 5.41) is 7.40. The van der Waals surface area contributed by atoms with Gasteiger partial charge in [0.1, 0.15) is 0 Å². The topological polar surface area (TPSA) is 8.17 Å². The summed E-state index contributed by atoms with van der Waals surface area (Å²) in [5.41, 5.74) is 25.6. The van der Waals surface area contributed by atoms with Gasteiger partial charge in [0, 0.05) is 49.9 Å². The molecule has 0 aliphatic heterocycles. The Bertz CT molecular complexity index is 4850. The van der Waals surface area contributed by atoms with Crippen molar-refractivity contribution in [3.05, 3.63) is 313 Å². The zero-order valence-corrected chi connectivity index (χ0v) is 45.5. The molecular formula is C79H56N2. The quantitative estimate of drug-likeness (QED) is 0.147. The molecule has 0 bridgehead atoms. The minimum absolute atomic E-state index is 0.0849. The summed E-state index contributed by atoms with van der Waals surface area (Å²) in [6.07, 6.45) is 0. The molecule has 0 amide bonds. The van der Waals surface area contributed by atoms with Gasteiger partial charge < -0.3 is 9.47 Å². The van der Waals surface area contributed by atoms with E-state index in [-0.39, 0.29) is 10.8 Å². The monoisotopic (exact) mass is 1030 g/mol. The minimum atomic E-state index is -0.361. The van der Waals surface area contributed by atoms with Crippen LogP contribution in [0.5, 0.6) is 0 Å². The summed E-state index contributed by atoms with van der Waals surface area (Å²) in [4.78, 5) is 2.44. The molecule has 13 aromatic carbocycles. The Morgan fingerprint density at radius 2 is 0.889 bits per heavy atom. The van der Waals surface area contributed by atoms with E-state index in [1.54, 1.807) is 0 Å². The number of hydrogen-bond acceptors (Lipinski definition) is 1. The number of fused-ring (bicyclic) bond motifs is 12. The van der Waals surface area contributed by atoms with Crippen molar-refractivity contribution in [2.75, 3.05) is 4.90 Å². The molecule has 0 fully saturated rings. The third-order valence-electron chi connectivity index (χ3n) is 18.3. The van der Waals surface area contributed by atoms with E-state index >= 15 is 0 Å². The van der Waals surface area contributed by atoms with Crippen LogP contribution in [0.4, 0.5) is 17.1 Å². The first-order chi connectivity index (χ1) is 39.8. The fourth-order valence-corrected chi connectivity index (χ4v) is 14.2. The van der Waals surface area contributed by atoms with Gasteiger partial charge in [-0.3, -0.25) is 0 Å². The normalized spacial score (nSPS) is 14.8. The van der Waals surface area contributed by atoms with Crippen LogP contribution in [-0.2, 0) is 10.8 Å². The molecule has 0 N–H and O–H groups in total. The van der Waals surface area contributed by atoms with E-state index in [9.17, 15) is 0 Å². The summed E-state index contributed by atoms with van der Waals surface area (Å²) in [5.74, 6) is 0. The van der Waals surface area contributed by atoms with Crippen molar-refractivity contribution in [2.24, 2.45) is 0 Å². The lowest BCUT2D eigenvalue weighted by atomic mass is 9.74. The second kappa shape index (κ2) is 18.0. The molecule has 1 unspecified atom stereocenters. The summed E-state index contributed by atoms with van der Waals surface area (Å²) in [6, 6.07) is 106. The molecule has 0 saturated carbocycles. The molecule has 1 atom stereocenters. The van der Waals surface area contributed by atoms with Crippen LogP contribution >= 0.6 is 0 Å². The summed E-state index contributed by atoms with van der Waals surface area (Å²) in [6.45, 7) is 7.13. The molecule has 1 aromatic heterocycles. The van der Waals surface area contributed by atoms with Crippen LogP contribution in [0, 0.1) is 0 Å². The Kier molecular flexibility index (Phi) is 10.5. The molecule has 0 saturated heterocycles. The Labute approximate surface area is 473 Å². The highest BCUT2D eigenvalue weighted by Crippen LogP contribution is 2.56. The second-order valence-corrected chi connectivity index (χ2v) is 23.0. The molecule has 0 spiro atoms. The second-order valence-electron chi connectivity index (χ2n) is 23.0. The number of hydrogen-bond donors (Lipinski definition) is 0. The third kappa shape index (κ3) is 7.20. The third-order valence-corrected chi connectivity index (χ3v) is 18.3. The number of nitrogens with zero attached hydrogens (tertiary/aromatic N) is 2. The lowest BCUT2D eigenvalue weighted by Crippen LogP contribution is -2.22. The van der Waals surface area contributed by atoms with Gasteiger partial charge in [-0.05, 0) is 167 Å². The van der Waals surface area contributed by atoms with E-state index in [1.165, 1.54) is 127 Å². The minimum Gasteiger partial charge on any atom is -0.310 e. The highest BCUT2D eigenvalue weighted by atomic mass is 15.1. The Hall–Kier alpha value is -10.0. The number of rotatable bonds is 8. The van der Waals surface area contributed by atoms with Gasteiger partial charge in [-0.1, -0.05) is 238 Å². The highest BCUT2D eigenvalue weighted by Gasteiger charge is 2.42. The van der Waals surface area contributed by atoms with Crippen molar-refractivity contribution in [2.45, 2.75) is 31.6 Å². The maximum atomic E-state index is 2.54. The molecule has 16 rings (SSSR count). The van der Waals surface area contributed by atoms with Crippen LogP contribution in [-0.4, -0.2) is 4.57 Å². The van der Waals surface area contributed by atoms with Crippen LogP contribution in [0.15, 0.2) is 285 Å². The Morgan fingerprint density at radius 1 is 0.309 bits per heavy atom. The average Bonchev–Trinajstić information content (AvgIpc) is 2.27. The molecule has 1 heterocycles. The fourth-order valence-electron chi connectivity index (χ4n) is 14.2. The average molecular weight is 1030 g/mol. The van der Waals surface area contributed by atoms with E-state index in [0.29, 0.717) is 0 Å². The van der Waals surface area contributed by atoms with Crippen LogP contribution < -0.4 is 4.90 Å². The first kappa shape index (κ1) is 47.0. The van der Waals surface area contributed by atoms with Crippen LogP contribution in [0.1, 0.15) is 48.6 Å². The zero-order chi connectivity index (χ0) is 54.0. The number of aromatic nitrogens is 1. The lowest BCUT2D eigenvalue weighted by Gasteiger charge is -2.28. The van der Waals surface area contributed by atoms with Crippen LogP contribution in [0.3, 0.4) is 0 Å². The van der Waals surface area contributed by atoms with E-state index < -0.39 is 0 Å². The summed E-state index contributed by atoms with van der Waals surface area (Å²) < 4.78 is 2.54. The maximum absolute atomic E-state index is 2.54. The van der Waals surface area contributed by atoms with E-state index in [1.807, 2.05) is 0 Å². The van der Waals surface area contributed by atoms with Crippen molar-refractivity contribution in [1.82, 2.24) is 4.57 Å². The van der Waals surface area contributed by atoms with Crippen molar-refractivity contribution in [3.8, 4) is 61.3 Å². The highest BCUT2D eigenvalue weighted by molar-refractivity contribution is 6.16. The van der Waals surface area contributed by atoms with Gasteiger partial charge >= 0.3 is 0 Å². The molecular weight excluding hydrogens is 977 g/mol. The van der Waals surface area contributed by atoms with Gasteiger partial charge in [0.25, 0.3) is 0 Å². The first-order valence-corrected chi connectivity index (χ1v) is 28.4. The van der Waals surface area contributed by atoms with Gasteiger partial charge in [0.05, 0.1) is 11.0 Å². The van der Waals surface area contributed by atoms with Gasteiger partial charge in [-0.15, -0.1) is 0 Å². The predicted molar refractivity (Wildman–Crippen MR) is 342 cm³/mol.